The minimum atomic E-state index is -3.18. The fourth-order valence-corrected chi connectivity index (χ4v) is 5.42. The van der Waals surface area contributed by atoms with Crippen LogP contribution in [0, 0.1) is 11.8 Å². The molecule has 2 nitrogen and oxygen atoms in total. The van der Waals surface area contributed by atoms with Gasteiger partial charge in [0.15, 0.2) is 7.14 Å². The topological polar surface area (TPSA) is 37.3 Å². The summed E-state index contributed by atoms with van der Waals surface area (Å²) in [6.45, 7) is -0.346. The first-order valence-corrected chi connectivity index (χ1v) is 11.0. The third-order valence-corrected chi connectivity index (χ3v) is 7.37. The van der Waals surface area contributed by atoms with Crippen LogP contribution in [0.3, 0.4) is 0 Å². The predicted molar refractivity (Wildman–Crippen MR) is 121 cm³/mol. The van der Waals surface area contributed by atoms with Crippen LogP contribution in [0.15, 0.2) is 120 Å². The summed E-state index contributed by atoms with van der Waals surface area (Å²) in [5.41, 5.74) is 3.97. The molecule has 0 aliphatic carbocycles. The van der Waals surface area contributed by atoms with Crippen molar-refractivity contribution in [1.29, 1.82) is 0 Å². The molecule has 0 atom stereocenters. The van der Waals surface area contributed by atoms with Crippen molar-refractivity contribution in [2.24, 2.45) is 0 Å². The first kappa shape index (κ1) is 20.4. The van der Waals surface area contributed by atoms with E-state index in [2.05, 4.69) is 17.6 Å². The van der Waals surface area contributed by atoms with E-state index in [1.807, 2.05) is 91.0 Å². The number of aliphatic hydroxyl groups is 1. The molecule has 29 heavy (non-hydrogen) atoms. The second kappa shape index (κ2) is 10.3. The maximum Gasteiger partial charge on any atom is 0.176 e. The highest BCUT2D eigenvalue weighted by molar-refractivity contribution is 7.82. The van der Waals surface area contributed by atoms with Gasteiger partial charge in [-0.05, 0) is 30.4 Å². The van der Waals surface area contributed by atoms with Crippen molar-refractivity contribution in [2.45, 2.75) is 0 Å². The molecule has 0 aliphatic rings. The monoisotopic (exact) mass is 396 g/mol. The second-order valence-electron chi connectivity index (χ2n) is 6.19. The fourth-order valence-electron chi connectivity index (χ4n) is 2.86. The Bertz CT molecular complexity index is 1090. The summed E-state index contributed by atoms with van der Waals surface area (Å²) in [4.78, 5) is 0. The molecule has 0 heterocycles. The number of rotatable bonds is 5. The van der Waals surface area contributed by atoms with Crippen molar-refractivity contribution in [3.63, 3.8) is 0 Å². The Hall–Kier alpha value is -3.33. The van der Waals surface area contributed by atoms with Crippen LogP contribution < -0.4 is 10.6 Å². The lowest BCUT2D eigenvalue weighted by Crippen LogP contribution is -2.18. The van der Waals surface area contributed by atoms with E-state index < -0.39 is 7.14 Å². The second-order valence-corrected chi connectivity index (χ2v) is 8.98. The van der Waals surface area contributed by atoms with Gasteiger partial charge in [0.25, 0.3) is 0 Å². The van der Waals surface area contributed by atoms with E-state index in [4.69, 9.17) is 0 Å². The zero-order chi connectivity index (χ0) is 20.4. The van der Waals surface area contributed by atoms with Crippen LogP contribution in [0.1, 0.15) is 5.56 Å². The van der Waals surface area contributed by atoms with Crippen LogP contribution in [0.4, 0.5) is 0 Å². The molecule has 0 unspecified atom stereocenters. The van der Waals surface area contributed by atoms with Crippen LogP contribution in [0.2, 0.25) is 0 Å². The Kier molecular flexibility index (Phi) is 7.23. The molecule has 142 valence electrons. The SMILES string of the molecule is O=P(C(=C=CC=CC#Cc1ccccc1)CO)(c1ccccc1)c1ccccc1. The van der Waals surface area contributed by atoms with Crippen molar-refractivity contribution in [2.75, 3.05) is 6.61 Å². The number of allylic oxidation sites excluding steroid dienone is 2. The van der Waals surface area contributed by atoms with Crippen molar-refractivity contribution in [3.8, 4) is 11.8 Å². The van der Waals surface area contributed by atoms with Gasteiger partial charge >= 0.3 is 0 Å². The third-order valence-electron chi connectivity index (χ3n) is 4.29. The van der Waals surface area contributed by atoms with E-state index in [1.54, 1.807) is 18.2 Å². The molecule has 0 saturated heterocycles. The molecule has 0 radical (unpaired) electrons. The molecule has 0 spiro atoms. The van der Waals surface area contributed by atoms with Gasteiger partial charge in [0.05, 0.1) is 11.9 Å². The van der Waals surface area contributed by atoms with Crippen LogP contribution in [-0.4, -0.2) is 11.7 Å². The average molecular weight is 396 g/mol. The van der Waals surface area contributed by atoms with Gasteiger partial charge in [0.2, 0.25) is 0 Å². The summed E-state index contributed by atoms with van der Waals surface area (Å²) in [6, 6.07) is 28.2. The van der Waals surface area contributed by atoms with E-state index >= 15 is 0 Å². The lowest BCUT2D eigenvalue weighted by molar-refractivity contribution is 0.338. The molecule has 3 heteroatoms. The fraction of sp³-hybridized carbons (Fsp3) is 0.0385. The summed E-state index contributed by atoms with van der Waals surface area (Å²) >= 11 is 0. The van der Waals surface area contributed by atoms with E-state index in [-0.39, 0.29) is 6.61 Å². The predicted octanol–water partition coefficient (Wildman–Crippen LogP) is 4.64. The van der Waals surface area contributed by atoms with Crippen molar-refractivity contribution >= 4 is 17.8 Å². The zero-order valence-electron chi connectivity index (χ0n) is 15.9. The maximum atomic E-state index is 14.1. The van der Waals surface area contributed by atoms with Crippen molar-refractivity contribution < 1.29 is 9.67 Å². The summed E-state index contributed by atoms with van der Waals surface area (Å²) in [5.74, 6) is 5.99. The summed E-state index contributed by atoms with van der Waals surface area (Å²) in [5, 5.41) is 11.7. The van der Waals surface area contributed by atoms with Crippen molar-refractivity contribution in [1.82, 2.24) is 0 Å². The highest BCUT2D eigenvalue weighted by Crippen LogP contribution is 2.50. The van der Waals surface area contributed by atoms with Gasteiger partial charge in [-0.15, -0.1) is 5.73 Å². The lowest BCUT2D eigenvalue weighted by Gasteiger charge is -2.20. The quantitative estimate of drug-likeness (QED) is 0.295. The van der Waals surface area contributed by atoms with Gasteiger partial charge in [0, 0.05) is 16.2 Å². The molecule has 0 aromatic heterocycles. The molecule has 0 amide bonds. The zero-order valence-corrected chi connectivity index (χ0v) is 16.8. The average Bonchev–Trinajstić information content (AvgIpc) is 2.80. The normalized spacial score (nSPS) is 10.7. The molecule has 3 aromatic rings. The standard InChI is InChI=1S/C26H21O2P/c27-22-26(21-9-2-1-6-14-23-15-7-3-8-16-23)29(28,24-17-10-4-11-18-24)25-19-12-5-13-20-25/h1-5,7-13,15-20,27H,22H2. The first-order chi connectivity index (χ1) is 14.2. The number of hydrogen-bond donors (Lipinski definition) is 1. The van der Waals surface area contributed by atoms with Gasteiger partial charge in [0.1, 0.15) is 0 Å². The number of aliphatic hydroxyl groups excluding tert-OH is 1. The van der Waals surface area contributed by atoms with Gasteiger partial charge < -0.3 is 9.67 Å². The number of hydrogen-bond acceptors (Lipinski definition) is 2. The lowest BCUT2D eigenvalue weighted by atomic mass is 10.2. The van der Waals surface area contributed by atoms with Gasteiger partial charge in [-0.25, -0.2) is 0 Å². The minimum Gasteiger partial charge on any atom is -0.391 e. The molecule has 0 saturated carbocycles. The molecule has 3 rings (SSSR count). The molecular weight excluding hydrogens is 375 g/mol. The first-order valence-electron chi connectivity index (χ1n) is 9.25. The third kappa shape index (κ3) is 5.14. The Labute approximate surface area is 171 Å². The van der Waals surface area contributed by atoms with Gasteiger partial charge in [-0.3, -0.25) is 0 Å². The molecule has 0 bridgehead atoms. The highest BCUT2D eigenvalue weighted by atomic mass is 31.2. The van der Waals surface area contributed by atoms with Crippen LogP contribution in [0.25, 0.3) is 0 Å². The molecule has 0 fully saturated rings. The maximum absolute atomic E-state index is 14.1. The summed E-state index contributed by atoms with van der Waals surface area (Å²) < 4.78 is 14.1. The smallest absolute Gasteiger partial charge is 0.176 e. The van der Waals surface area contributed by atoms with E-state index in [9.17, 15) is 9.67 Å². The van der Waals surface area contributed by atoms with Gasteiger partial charge in [-0.2, -0.15) is 0 Å². The Morgan fingerprint density at radius 1 is 0.828 bits per heavy atom. The van der Waals surface area contributed by atoms with Crippen LogP contribution in [-0.2, 0) is 4.57 Å². The Morgan fingerprint density at radius 2 is 1.34 bits per heavy atom. The van der Waals surface area contributed by atoms with Crippen molar-refractivity contribution in [3.05, 3.63) is 126 Å². The molecular formula is C26H21O2P. The molecule has 3 aromatic carbocycles. The van der Waals surface area contributed by atoms with E-state index in [1.165, 1.54) is 0 Å². The van der Waals surface area contributed by atoms with E-state index in [0.717, 1.165) is 5.56 Å². The van der Waals surface area contributed by atoms with Gasteiger partial charge in [-0.1, -0.05) is 90.7 Å². The van der Waals surface area contributed by atoms with E-state index in [0.29, 0.717) is 15.9 Å². The van der Waals surface area contributed by atoms with Crippen LogP contribution in [0.5, 0.6) is 0 Å². The minimum absolute atomic E-state index is 0.346. The molecule has 1 N–H and O–H groups in total. The highest BCUT2D eigenvalue weighted by Gasteiger charge is 2.31. The Balaban J connectivity index is 1.96. The molecule has 0 aliphatic heterocycles. The largest absolute Gasteiger partial charge is 0.391 e. The number of benzene rings is 3. The summed E-state index contributed by atoms with van der Waals surface area (Å²) in [6.07, 6.45) is 5.07. The Morgan fingerprint density at radius 3 is 1.86 bits per heavy atom. The van der Waals surface area contributed by atoms with Crippen LogP contribution >= 0.6 is 7.14 Å². The summed E-state index contributed by atoms with van der Waals surface area (Å²) in [7, 11) is -3.18.